The minimum atomic E-state index is -4.71. The lowest BCUT2D eigenvalue weighted by Crippen LogP contribution is -2.17. The Labute approximate surface area is 126 Å². The zero-order chi connectivity index (χ0) is 15.9. The number of nitrogens with one attached hydrogen (secondary N) is 1. The fraction of sp³-hybridized carbons (Fsp3) is 0.385. The van der Waals surface area contributed by atoms with E-state index in [0.717, 1.165) is 12.8 Å². The molecular weight excluding hydrogens is 303 g/mol. The van der Waals surface area contributed by atoms with Crippen LogP contribution in [-0.2, 0) is 0 Å². The number of unbranched alkanes of at least 4 members (excludes halogenated alkanes) is 1. The van der Waals surface area contributed by atoms with Crippen LogP contribution in [0.15, 0.2) is 29.3 Å². The maximum atomic E-state index is 12.0. The zero-order valence-electron chi connectivity index (χ0n) is 11.4. The van der Waals surface area contributed by atoms with Gasteiger partial charge >= 0.3 is 6.36 Å². The number of amidine groups is 1. The van der Waals surface area contributed by atoms with E-state index in [1.807, 2.05) is 6.92 Å². The molecule has 0 aromatic heterocycles. The van der Waals surface area contributed by atoms with Gasteiger partial charge in [0.2, 0.25) is 0 Å². The Morgan fingerprint density at radius 1 is 1.33 bits per heavy atom. The number of hydrogen-bond donors (Lipinski definition) is 2. The molecule has 0 heterocycles. The van der Waals surface area contributed by atoms with Crippen LogP contribution in [0.25, 0.3) is 0 Å². The summed E-state index contributed by atoms with van der Waals surface area (Å²) in [5.74, 6) is 0.122. The summed E-state index contributed by atoms with van der Waals surface area (Å²) in [7, 11) is 0. The van der Waals surface area contributed by atoms with Crippen molar-refractivity contribution in [3.8, 4) is 5.75 Å². The smallest absolute Gasteiger partial charge is 0.406 e. The summed E-state index contributed by atoms with van der Waals surface area (Å²) < 4.78 is 39.8. The van der Waals surface area contributed by atoms with Gasteiger partial charge < -0.3 is 15.8 Å². The van der Waals surface area contributed by atoms with Crippen LogP contribution in [0.1, 0.15) is 26.2 Å². The topological polar surface area (TPSA) is 59.6 Å². The van der Waals surface area contributed by atoms with E-state index in [1.54, 1.807) is 0 Å². The Morgan fingerprint density at radius 2 is 1.95 bits per heavy atom. The number of nitrogens with zero attached hydrogens (tertiary/aromatic N) is 1. The highest BCUT2D eigenvalue weighted by Crippen LogP contribution is 2.23. The van der Waals surface area contributed by atoms with Crippen LogP contribution >= 0.6 is 12.2 Å². The van der Waals surface area contributed by atoms with Crippen LogP contribution in [0, 0.1) is 0 Å². The highest BCUT2D eigenvalue weighted by Gasteiger charge is 2.30. The maximum absolute atomic E-state index is 12.0. The van der Waals surface area contributed by atoms with Gasteiger partial charge in [0.05, 0.1) is 0 Å². The van der Waals surface area contributed by atoms with E-state index in [1.165, 1.54) is 24.3 Å². The molecule has 4 nitrogen and oxygen atoms in total. The van der Waals surface area contributed by atoms with Crippen molar-refractivity contribution in [2.24, 2.45) is 10.7 Å². The number of benzene rings is 1. The van der Waals surface area contributed by atoms with Crippen LogP contribution in [0.2, 0.25) is 0 Å². The molecule has 0 saturated carbocycles. The van der Waals surface area contributed by atoms with Gasteiger partial charge in [-0.05, 0) is 42.9 Å². The molecule has 0 spiro atoms. The van der Waals surface area contributed by atoms with Gasteiger partial charge in [0.15, 0.2) is 5.11 Å². The molecule has 0 amide bonds. The van der Waals surface area contributed by atoms with Crippen LogP contribution < -0.4 is 15.8 Å². The molecule has 0 radical (unpaired) electrons. The molecule has 1 rings (SSSR count). The molecule has 1 aromatic carbocycles. The number of aliphatic imine (C=N–C) groups is 1. The molecule has 0 aliphatic rings. The van der Waals surface area contributed by atoms with Crippen molar-refractivity contribution in [2.45, 2.75) is 32.5 Å². The van der Waals surface area contributed by atoms with E-state index in [0.29, 0.717) is 17.9 Å². The number of rotatable bonds is 5. The molecule has 0 aliphatic heterocycles. The quantitative estimate of drug-likeness (QED) is 0.492. The van der Waals surface area contributed by atoms with Crippen molar-refractivity contribution >= 4 is 28.9 Å². The third-order valence-electron chi connectivity index (χ3n) is 2.37. The maximum Gasteiger partial charge on any atom is 0.573 e. The van der Waals surface area contributed by atoms with Gasteiger partial charge in [0.25, 0.3) is 0 Å². The minimum Gasteiger partial charge on any atom is -0.406 e. The second-order valence-electron chi connectivity index (χ2n) is 4.21. The molecule has 0 fully saturated rings. The Morgan fingerprint density at radius 3 is 2.48 bits per heavy atom. The largest absolute Gasteiger partial charge is 0.573 e. The molecule has 21 heavy (non-hydrogen) atoms. The summed E-state index contributed by atoms with van der Waals surface area (Å²) in [5, 5.41) is 2.93. The summed E-state index contributed by atoms with van der Waals surface area (Å²) in [6, 6.07) is 5.18. The molecule has 1 aromatic rings. The van der Waals surface area contributed by atoms with Gasteiger partial charge in [-0.2, -0.15) is 0 Å². The number of thiocarbonyl (C=S) groups is 1. The van der Waals surface area contributed by atoms with Gasteiger partial charge in [-0.25, -0.2) is 4.99 Å². The van der Waals surface area contributed by atoms with E-state index in [-0.39, 0.29) is 10.9 Å². The second kappa shape index (κ2) is 7.82. The molecular formula is C13H16F3N3OS. The summed E-state index contributed by atoms with van der Waals surface area (Å²) >= 11 is 4.99. The summed E-state index contributed by atoms with van der Waals surface area (Å²) in [5.41, 5.74) is 6.19. The lowest BCUT2D eigenvalue weighted by molar-refractivity contribution is -0.274. The fourth-order valence-electron chi connectivity index (χ4n) is 1.44. The normalized spacial score (nSPS) is 12.1. The summed E-state index contributed by atoms with van der Waals surface area (Å²) in [6.45, 7) is 2.04. The molecule has 0 aliphatic carbocycles. The van der Waals surface area contributed by atoms with Gasteiger partial charge in [0.1, 0.15) is 11.6 Å². The van der Waals surface area contributed by atoms with Crippen molar-refractivity contribution in [1.29, 1.82) is 0 Å². The van der Waals surface area contributed by atoms with E-state index in [2.05, 4.69) is 15.0 Å². The van der Waals surface area contributed by atoms with Crippen molar-refractivity contribution in [3.63, 3.8) is 0 Å². The molecule has 3 N–H and O–H groups in total. The first-order valence-corrected chi connectivity index (χ1v) is 6.71. The van der Waals surface area contributed by atoms with Crippen molar-refractivity contribution in [1.82, 2.24) is 0 Å². The van der Waals surface area contributed by atoms with Crippen LogP contribution in [0.4, 0.5) is 18.9 Å². The second-order valence-corrected chi connectivity index (χ2v) is 4.60. The van der Waals surface area contributed by atoms with Crippen LogP contribution in [-0.4, -0.2) is 17.3 Å². The van der Waals surface area contributed by atoms with Crippen molar-refractivity contribution in [3.05, 3.63) is 24.3 Å². The van der Waals surface area contributed by atoms with E-state index >= 15 is 0 Å². The standard InChI is InChI=1S/C13H16F3N3OS/c1-2-3-4-11(17)19-12(21)18-9-5-7-10(8-6-9)20-13(14,15)16/h5-8H,2-4H2,1H3,(H3,17,18,19,21). The van der Waals surface area contributed by atoms with Crippen LogP contribution in [0.5, 0.6) is 5.75 Å². The van der Waals surface area contributed by atoms with E-state index < -0.39 is 6.36 Å². The van der Waals surface area contributed by atoms with Crippen molar-refractivity contribution in [2.75, 3.05) is 5.32 Å². The Kier molecular flexibility index (Phi) is 6.41. The van der Waals surface area contributed by atoms with Gasteiger partial charge in [0, 0.05) is 12.1 Å². The number of ether oxygens (including phenoxy) is 1. The Bertz CT molecular complexity index is 500. The average molecular weight is 319 g/mol. The lowest BCUT2D eigenvalue weighted by atomic mass is 10.2. The number of hydrogen-bond acceptors (Lipinski definition) is 2. The predicted molar refractivity (Wildman–Crippen MR) is 80.5 cm³/mol. The number of anilines is 1. The lowest BCUT2D eigenvalue weighted by Gasteiger charge is -2.10. The minimum absolute atomic E-state index is 0.160. The zero-order valence-corrected chi connectivity index (χ0v) is 12.2. The Balaban J connectivity index is 2.57. The molecule has 0 unspecified atom stereocenters. The fourth-order valence-corrected chi connectivity index (χ4v) is 1.67. The van der Waals surface area contributed by atoms with Crippen molar-refractivity contribution < 1.29 is 17.9 Å². The van der Waals surface area contributed by atoms with Gasteiger partial charge in [-0.3, -0.25) is 0 Å². The summed E-state index contributed by atoms with van der Waals surface area (Å²) in [6.07, 6.45) is -2.14. The number of nitrogens with two attached hydrogens (primary N) is 1. The monoisotopic (exact) mass is 319 g/mol. The Hall–Kier alpha value is -1.83. The molecule has 0 saturated heterocycles. The first-order valence-electron chi connectivity index (χ1n) is 6.30. The molecule has 8 heteroatoms. The molecule has 116 valence electrons. The first kappa shape index (κ1) is 17.2. The SMILES string of the molecule is CCCCC(N)=NC(=S)Nc1ccc(OC(F)(F)F)cc1. The predicted octanol–water partition coefficient (Wildman–Crippen LogP) is 3.83. The highest BCUT2D eigenvalue weighted by molar-refractivity contribution is 7.80. The van der Waals surface area contributed by atoms with Gasteiger partial charge in [-0.1, -0.05) is 13.3 Å². The molecule has 0 atom stereocenters. The van der Waals surface area contributed by atoms with Crippen LogP contribution in [0.3, 0.4) is 0 Å². The first-order chi connectivity index (χ1) is 9.80. The number of alkyl halides is 3. The van der Waals surface area contributed by atoms with E-state index in [4.69, 9.17) is 18.0 Å². The number of halogens is 3. The van der Waals surface area contributed by atoms with E-state index in [9.17, 15) is 13.2 Å². The van der Waals surface area contributed by atoms with Gasteiger partial charge in [-0.15, -0.1) is 13.2 Å². The third kappa shape index (κ3) is 7.50. The average Bonchev–Trinajstić information content (AvgIpc) is 2.37. The third-order valence-corrected chi connectivity index (χ3v) is 2.56. The highest BCUT2D eigenvalue weighted by atomic mass is 32.1. The summed E-state index contributed by atoms with van der Waals surface area (Å²) in [4.78, 5) is 4.00. The molecule has 0 bridgehead atoms.